The van der Waals surface area contributed by atoms with Crippen LogP contribution in [-0.2, 0) is 11.3 Å². The van der Waals surface area contributed by atoms with Crippen molar-refractivity contribution < 1.29 is 14.4 Å². The minimum Gasteiger partial charge on any atom is -0.409 e. The molecule has 21 heavy (non-hydrogen) atoms. The summed E-state index contributed by atoms with van der Waals surface area (Å²) in [5.41, 5.74) is 5.25. The van der Waals surface area contributed by atoms with Crippen molar-refractivity contribution in [2.45, 2.75) is 32.2 Å². The Balaban J connectivity index is 2.20. The van der Waals surface area contributed by atoms with Crippen LogP contribution >= 0.6 is 0 Å². The molecule has 1 amide bonds. The monoisotopic (exact) mass is 293 g/mol. The van der Waals surface area contributed by atoms with Crippen LogP contribution in [-0.4, -0.2) is 28.9 Å². The molecule has 0 spiro atoms. The van der Waals surface area contributed by atoms with Gasteiger partial charge in [-0.05, 0) is 18.9 Å². The van der Waals surface area contributed by atoms with E-state index in [1.54, 1.807) is 25.2 Å². The Labute approximate surface area is 123 Å². The van der Waals surface area contributed by atoms with Gasteiger partial charge in [0.15, 0.2) is 5.84 Å². The van der Waals surface area contributed by atoms with Crippen LogP contribution in [0.5, 0.6) is 0 Å². The van der Waals surface area contributed by atoms with Gasteiger partial charge in [-0.1, -0.05) is 36.2 Å². The van der Waals surface area contributed by atoms with Gasteiger partial charge in [-0.15, -0.1) is 0 Å². The van der Waals surface area contributed by atoms with E-state index < -0.39 is 5.41 Å². The highest BCUT2D eigenvalue weighted by molar-refractivity contribution is 6.06. The molecule has 1 aromatic rings. The van der Waals surface area contributed by atoms with Crippen LogP contribution in [0.4, 0.5) is 4.39 Å². The lowest BCUT2D eigenvalue weighted by Crippen LogP contribution is -2.48. The molecule has 3 N–H and O–H groups in total. The van der Waals surface area contributed by atoms with Crippen LogP contribution in [0.15, 0.2) is 29.4 Å². The molecule has 0 unspecified atom stereocenters. The van der Waals surface area contributed by atoms with E-state index in [4.69, 9.17) is 10.9 Å². The van der Waals surface area contributed by atoms with Gasteiger partial charge in [0, 0.05) is 19.2 Å². The fraction of sp³-hybridized carbons (Fsp3) is 0.467. The predicted molar refractivity (Wildman–Crippen MR) is 77.2 cm³/mol. The second-order valence-electron chi connectivity index (χ2n) is 5.53. The Morgan fingerprint density at radius 1 is 1.43 bits per heavy atom. The van der Waals surface area contributed by atoms with Crippen molar-refractivity contribution in [3.05, 3.63) is 35.6 Å². The number of benzene rings is 1. The fourth-order valence-electron chi connectivity index (χ4n) is 2.97. The average molecular weight is 293 g/mol. The minimum absolute atomic E-state index is 0.0506. The number of nitrogens with two attached hydrogens (primary N) is 1. The second-order valence-corrected chi connectivity index (χ2v) is 5.53. The maximum atomic E-state index is 13.7. The number of hydrogen-bond donors (Lipinski definition) is 2. The quantitative estimate of drug-likeness (QED) is 0.386. The number of amides is 1. The summed E-state index contributed by atoms with van der Waals surface area (Å²) in [6.45, 7) is 0.159. The Morgan fingerprint density at radius 3 is 2.62 bits per heavy atom. The molecule has 1 aliphatic rings. The summed E-state index contributed by atoms with van der Waals surface area (Å²) >= 11 is 0. The van der Waals surface area contributed by atoms with Crippen molar-refractivity contribution >= 4 is 11.7 Å². The lowest BCUT2D eigenvalue weighted by atomic mass is 9.83. The van der Waals surface area contributed by atoms with Crippen molar-refractivity contribution in [1.82, 2.24) is 4.90 Å². The van der Waals surface area contributed by atoms with Crippen LogP contribution in [0, 0.1) is 11.2 Å². The predicted octanol–water partition coefficient (Wildman–Crippen LogP) is 2.09. The fourth-order valence-corrected chi connectivity index (χ4v) is 2.97. The number of oxime groups is 1. The van der Waals surface area contributed by atoms with Crippen LogP contribution in [0.25, 0.3) is 0 Å². The van der Waals surface area contributed by atoms with E-state index in [-0.39, 0.29) is 24.1 Å². The highest BCUT2D eigenvalue weighted by Crippen LogP contribution is 2.40. The summed E-state index contributed by atoms with van der Waals surface area (Å²) in [5.74, 6) is -0.620. The Kier molecular flexibility index (Phi) is 4.45. The topological polar surface area (TPSA) is 78.9 Å². The van der Waals surface area contributed by atoms with E-state index in [0.29, 0.717) is 18.4 Å². The maximum absolute atomic E-state index is 13.7. The van der Waals surface area contributed by atoms with Gasteiger partial charge in [-0.3, -0.25) is 4.79 Å². The molecule has 0 atom stereocenters. The lowest BCUT2D eigenvalue weighted by molar-refractivity contribution is -0.137. The number of rotatable bonds is 4. The van der Waals surface area contributed by atoms with Gasteiger partial charge in [-0.25, -0.2) is 4.39 Å². The smallest absolute Gasteiger partial charge is 0.236 e. The van der Waals surface area contributed by atoms with Gasteiger partial charge < -0.3 is 15.8 Å². The molecular weight excluding hydrogens is 273 g/mol. The Morgan fingerprint density at radius 2 is 2.05 bits per heavy atom. The molecule has 0 aromatic heterocycles. The van der Waals surface area contributed by atoms with Crippen molar-refractivity contribution in [2.75, 3.05) is 7.05 Å². The third kappa shape index (κ3) is 2.84. The number of halogens is 1. The van der Waals surface area contributed by atoms with E-state index in [1.807, 2.05) is 0 Å². The Bertz CT molecular complexity index is 554. The first-order chi connectivity index (χ1) is 10.0. The standard InChI is InChI=1S/C15H20FN3O2/c1-19(10-11-6-2-3-7-12(11)16)14(20)15(13(17)18-21)8-4-5-9-15/h2-3,6-7,21H,4-5,8-10H2,1H3,(H2,17,18). The van der Waals surface area contributed by atoms with Crippen LogP contribution in [0.1, 0.15) is 31.2 Å². The zero-order chi connectivity index (χ0) is 15.5. The third-order valence-electron chi connectivity index (χ3n) is 4.18. The first kappa shape index (κ1) is 15.3. The van der Waals surface area contributed by atoms with Crippen molar-refractivity contribution in [3.8, 4) is 0 Å². The SMILES string of the molecule is CN(Cc1ccccc1F)C(=O)C1(C(N)=NO)CCCC1. The third-order valence-corrected chi connectivity index (χ3v) is 4.18. The minimum atomic E-state index is -0.950. The first-order valence-electron chi connectivity index (χ1n) is 6.98. The molecule has 6 heteroatoms. The van der Waals surface area contributed by atoms with E-state index in [2.05, 4.69) is 5.16 Å². The highest BCUT2D eigenvalue weighted by atomic mass is 19.1. The van der Waals surface area contributed by atoms with Crippen molar-refractivity contribution in [3.63, 3.8) is 0 Å². The number of carbonyl (C=O) groups excluding carboxylic acids is 1. The van der Waals surface area contributed by atoms with E-state index in [0.717, 1.165) is 12.8 Å². The average Bonchev–Trinajstić information content (AvgIpc) is 2.98. The summed E-state index contributed by atoms with van der Waals surface area (Å²) in [6.07, 6.45) is 2.83. The summed E-state index contributed by atoms with van der Waals surface area (Å²) in [6, 6.07) is 6.34. The summed E-state index contributed by atoms with van der Waals surface area (Å²) in [7, 11) is 1.61. The van der Waals surface area contributed by atoms with Crippen LogP contribution < -0.4 is 5.73 Å². The van der Waals surface area contributed by atoms with E-state index >= 15 is 0 Å². The van der Waals surface area contributed by atoms with Gasteiger partial charge in [0.05, 0.1) is 0 Å². The number of carbonyl (C=O) groups is 1. The maximum Gasteiger partial charge on any atom is 0.236 e. The summed E-state index contributed by atoms with van der Waals surface area (Å²) in [5, 5.41) is 12.0. The van der Waals surface area contributed by atoms with Gasteiger partial charge in [0.1, 0.15) is 11.2 Å². The van der Waals surface area contributed by atoms with Gasteiger partial charge >= 0.3 is 0 Å². The molecule has 114 valence electrons. The van der Waals surface area contributed by atoms with E-state index in [9.17, 15) is 9.18 Å². The summed E-state index contributed by atoms with van der Waals surface area (Å²) < 4.78 is 13.7. The molecule has 1 aliphatic carbocycles. The number of nitrogens with zero attached hydrogens (tertiary/aromatic N) is 2. The lowest BCUT2D eigenvalue weighted by Gasteiger charge is -2.31. The zero-order valence-corrected chi connectivity index (χ0v) is 12.1. The van der Waals surface area contributed by atoms with Crippen LogP contribution in [0.2, 0.25) is 0 Å². The molecule has 0 heterocycles. The number of amidine groups is 1. The molecular formula is C15H20FN3O2. The van der Waals surface area contributed by atoms with Gasteiger partial charge in [0.25, 0.3) is 0 Å². The largest absolute Gasteiger partial charge is 0.409 e. The molecule has 1 aromatic carbocycles. The highest BCUT2D eigenvalue weighted by Gasteiger charge is 2.46. The van der Waals surface area contributed by atoms with Crippen molar-refractivity contribution in [2.24, 2.45) is 16.3 Å². The Hall–Kier alpha value is -2.11. The molecule has 0 radical (unpaired) electrons. The van der Waals surface area contributed by atoms with Crippen LogP contribution in [0.3, 0.4) is 0 Å². The number of hydrogen-bond acceptors (Lipinski definition) is 3. The molecule has 1 fully saturated rings. The second kappa shape index (κ2) is 6.11. The molecule has 2 rings (SSSR count). The summed E-state index contributed by atoms with van der Waals surface area (Å²) in [4.78, 5) is 14.2. The molecule has 0 bridgehead atoms. The van der Waals surface area contributed by atoms with Crippen molar-refractivity contribution in [1.29, 1.82) is 0 Å². The molecule has 5 nitrogen and oxygen atoms in total. The zero-order valence-electron chi connectivity index (χ0n) is 12.1. The van der Waals surface area contributed by atoms with E-state index in [1.165, 1.54) is 11.0 Å². The van der Waals surface area contributed by atoms with Gasteiger partial charge in [-0.2, -0.15) is 0 Å². The molecule has 0 aliphatic heterocycles. The molecule has 1 saturated carbocycles. The molecule has 0 saturated heterocycles. The van der Waals surface area contributed by atoms with Gasteiger partial charge in [0.2, 0.25) is 5.91 Å². The normalized spacial score (nSPS) is 17.7. The first-order valence-corrected chi connectivity index (χ1v) is 6.98.